The molecule has 2 aromatic rings. The minimum absolute atomic E-state index is 0.00685. The van der Waals surface area contributed by atoms with E-state index in [-0.39, 0.29) is 23.4 Å². The molecule has 1 aliphatic rings. The minimum Gasteiger partial charge on any atom is -0.493 e. The van der Waals surface area contributed by atoms with Gasteiger partial charge < -0.3 is 14.8 Å². The van der Waals surface area contributed by atoms with Crippen LogP contribution < -0.4 is 14.8 Å². The number of sulfonamides is 1. The lowest BCUT2D eigenvalue weighted by Gasteiger charge is -2.33. The van der Waals surface area contributed by atoms with E-state index < -0.39 is 15.8 Å². The molecule has 1 aliphatic carbocycles. The summed E-state index contributed by atoms with van der Waals surface area (Å²) in [6.45, 7) is 0.0831. The van der Waals surface area contributed by atoms with Crippen LogP contribution in [-0.2, 0) is 21.2 Å². The Morgan fingerprint density at radius 1 is 1.03 bits per heavy atom. The van der Waals surface area contributed by atoms with E-state index in [4.69, 9.17) is 9.47 Å². The third-order valence-corrected chi connectivity index (χ3v) is 7.80. The standard InChI is InChI=1S/C24H31FN2O5S/c1-31-22-13-8-18(16-23(22)32-2)14-15-26-24(28)17-27(20-6-4-3-5-7-20)33(29,30)21-11-9-19(25)10-12-21/h8-13,16,20H,3-7,14-15,17H2,1-2H3,(H,26,28). The van der Waals surface area contributed by atoms with Crippen LogP contribution >= 0.6 is 0 Å². The molecule has 2 aromatic carbocycles. The van der Waals surface area contributed by atoms with Gasteiger partial charge in [-0.2, -0.15) is 4.31 Å². The molecule has 0 bridgehead atoms. The van der Waals surface area contributed by atoms with Gasteiger partial charge in [0.2, 0.25) is 15.9 Å². The van der Waals surface area contributed by atoms with Crippen LogP contribution in [-0.4, -0.2) is 52.0 Å². The van der Waals surface area contributed by atoms with Crippen molar-refractivity contribution in [1.82, 2.24) is 9.62 Å². The highest BCUT2D eigenvalue weighted by Gasteiger charge is 2.33. The smallest absolute Gasteiger partial charge is 0.243 e. The van der Waals surface area contributed by atoms with Crippen LogP contribution in [0.3, 0.4) is 0 Å². The average molecular weight is 479 g/mol. The number of hydrogen-bond acceptors (Lipinski definition) is 5. The predicted octanol–water partition coefficient (Wildman–Crippen LogP) is 3.53. The molecule has 3 rings (SSSR count). The second-order valence-corrected chi connectivity index (χ2v) is 9.98. The fourth-order valence-electron chi connectivity index (χ4n) is 4.10. The number of benzene rings is 2. The molecule has 180 valence electrons. The van der Waals surface area contributed by atoms with Gasteiger partial charge in [0, 0.05) is 12.6 Å². The Hall–Kier alpha value is -2.65. The number of nitrogens with one attached hydrogen (secondary N) is 1. The molecule has 7 nitrogen and oxygen atoms in total. The second-order valence-electron chi connectivity index (χ2n) is 8.09. The molecule has 1 amide bonds. The van der Waals surface area contributed by atoms with E-state index in [9.17, 15) is 17.6 Å². The molecule has 0 heterocycles. The molecular formula is C24H31FN2O5S. The highest BCUT2D eigenvalue weighted by molar-refractivity contribution is 7.89. The van der Waals surface area contributed by atoms with Crippen molar-refractivity contribution in [3.63, 3.8) is 0 Å². The molecule has 1 fully saturated rings. The Morgan fingerprint density at radius 3 is 2.33 bits per heavy atom. The largest absolute Gasteiger partial charge is 0.493 e. The number of halogens is 1. The number of methoxy groups -OCH3 is 2. The van der Waals surface area contributed by atoms with Crippen molar-refractivity contribution >= 4 is 15.9 Å². The summed E-state index contributed by atoms with van der Waals surface area (Å²) in [7, 11) is -0.805. The number of carbonyl (C=O) groups excluding carboxylic acids is 1. The van der Waals surface area contributed by atoms with Crippen molar-refractivity contribution in [1.29, 1.82) is 0 Å². The lowest BCUT2D eigenvalue weighted by Crippen LogP contribution is -2.47. The Bertz CT molecular complexity index is 1040. The van der Waals surface area contributed by atoms with Crippen LogP contribution in [0.25, 0.3) is 0 Å². The van der Waals surface area contributed by atoms with E-state index in [1.54, 1.807) is 20.3 Å². The Balaban J connectivity index is 1.67. The van der Waals surface area contributed by atoms with Gasteiger partial charge >= 0.3 is 0 Å². The normalized spacial score (nSPS) is 14.8. The summed E-state index contributed by atoms with van der Waals surface area (Å²) in [6, 6.07) is 10.0. The van der Waals surface area contributed by atoms with Crippen molar-refractivity contribution in [3.05, 3.63) is 53.8 Å². The quantitative estimate of drug-likeness (QED) is 0.565. The molecule has 1 N–H and O–H groups in total. The SMILES string of the molecule is COc1ccc(CCNC(=O)CN(C2CCCCC2)S(=O)(=O)c2ccc(F)cc2)cc1OC. The molecule has 0 aromatic heterocycles. The van der Waals surface area contributed by atoms with Crippen molar-refractivity contribution in [2.24, 2.45) is 0 Å². The maximum atomic E-state index is 13.3. The summed E-state index contributed by atoms with van der Waals surface area (Å²) in [5, 5.41) is 2.82. The van der Waals surface area contributed by atoms with E-state index >= 15 is 0 Å². The van der Waals surface area contributed by atoms with Crippen molar-refractivity contribution in [3.8, 4) is 11.5 Å². The molecule has 0 atom stereocenters. The number of nitrogens with zero attached hydrogens (tertiary/aromatic N) is 1. The Morgan fingerprint density at radius 2 is 1.70 bits per heavy atom. The first-order valence-corrected chi connectivity index (χ1v) is 12.5. The summed E-state index contributed by atoms with van der Waals surface area (Å²) in [5.74, 6) is 0.354. The number of rotatable bonds is 10. The summed E-state index contributed by atoms with van der Waals surface area (Å²) < 4.78 is 51.7. The first-order valence-electron chi connectivity index (χ1n) is 11.1. The van der Waals surface area contributed by atoms with Crippen LogP contribution in [0.5, 0.6) is 11.5 Å². The molecule has 9 heteroatoms. The molecule has 0 saturated heterocycles. The molecule has 0 aliphatic heterocycles. The van der Waals surface area contributed by atoms with Gasteiger partial charge in [-0.15, -0.1) is 0 Å². The van der Waals surface area contributed by atoms with Crippen molar-refractivity contribution in [2.75, 3.05) is 27.3 Å². The molecular weight excluding hydrogens is 447 g/mol. The van der Waals surface area contributed by atoms with Gasteiger partial charge in [-0.1, -0.05) is 25.3 Å². The maximum absolute atomic E-state index is 13.3. The van der Waals surface area contributed by atoms with Gasteiger partial charge in [0.25, 0.3) is 0 Å². The number of amides is 1. The van der Waals surface area contributed by atoms with E-state index in [1.807, 2.05) is 12.1 Å². The zero-order valence-corrected chi connectivity index (χ0v) is 19.9. The number of ether oxygens (including phenoxy) is 2. The maximum Gasteiger partial charge on any atom is 0.243 e. The molecule has 33 heavy (non-hydrogen) atoms. The van der Waals surface area contributed by atoms with Crippen LogP contribution in [0.4, 0.5) is 4.39 Å². The number of carbonyl (C=O) groups is 1. The molecule has 1 saturated carbocycles. The fraction of sp³-hybridized carbons (Fsp3) is 0.458. The Kier molecular flexibility index (Phi) is 8.68. The van der Waals surface area contributed by atoms with E-state index in [0.717, 1.165) is 37.0 Å². The van der Waals surface area contributed by atoms with Crippen LogP contribution in [0.15, 0.2) is 47.4 Å². The van der Waals surface area contributed by atoms with E-state index in [2.05, 4.69) is 5.32 Å². The molecule has 0 spiro atoms. The second kappa shape index (κ2) is 11.5. The summed E-state index contributed by atoms with van der Waals surface area (Å²) in [4.78, 5) is 12.7. The van der Waals surface area contributed by atoms with Gasteiger partial charge in [0.05, 0.1) is 25.7 Å². The Labute approximate surface area is 194 Å². The first kappa shape index (κ1) is 25.0. The van der Waals surface area contributed by atoms with Crippen molar-refractivity contribution in [2.45, 2.75) is 49.5 Å². The van der Waals surface area contributed by atoms with Crippen LogP contribution in [0, 0.1) is 5.82 Å². The highest BCUT2D eigenvalue weighted by atomic mass is 32.2. The van der Waals surface area contributed by atoms with Gasteiger partial charge in [0.1, 0.15) is 5.82 Å². The zero-order valence-electron chi connectivity index (χ0n) is 19.1. The van der Waals surface area contributed by atoms with Gasteiger partial charge in [-0.3, -0.25) is 4.79 Å². The minimum atomic E-state index is -3.93. The van der Waals surface area contributed by atoms with Crippen LogP contribution in [0.2, 0.25) is 0 Å². The summed E-state index contributed by atoms with van der Waals surface area (Å²) in [6.07, 6.45) is 4.86. The highest BCUT2D eigenvalue weighted by Crippen LogP contribution is 2.29. The fourth-order valence-corrected chi connectivity index (χ4v) is 5.74. The first-order chi connectivity index (χ1) is 15.8. The topological polar surface area (TPSA) is 84.9 Å². The predicted molar refractivity (Wildman–Crippen MR) is 123 cm³/mol. The average Bonchev–Trinajstić information content (AvgIpc) is 2.83. The zero-order chi connectivity index (χ0) is 23.8. The summed E-state index contributed by atoms with van der Waals surface area (Å²) >= 11 is 0. The van der Waals surface area contributed by atoms with E-state index in [1.165, 1.54) is 16.4 Å². The monoisotopic (exact) mass is 478 g/mol. The van der Waals surface area contributed by atoms with Gasteiger partial charge in [-0.25, -0.2) is 12.8 Å². The third kappa shape index (κ3) is 6.45. The number of hydrogen-bond donors (Lipinski definition) is 1. The van der Waals surface area contributed by atoms with E-state index in [0.29, 0.717) is 37.3 Å². The van der Waals surface area contributed by atoms with Gasteiger partial charge in [-0.05, 0) is 61.2 Å². The lowest BCUT2D eigenvalue weighted by molar-refractivity contribution is -0.121. The van der Waals surface area contributed by atoms with Crippen LogP contribution in [0.1, 0.15) is 37.7 Å². The van der Waals surface area contributed by atoms with Crippen molar-refractivity contribution < 1.29 is 27.1 Å². The van der Waals surface area contributed by atoms with Gasteiger partial charge in [0.15, 0.2) is 11.5 Å². The third-order valence-electron chi connectivity index (χ3n) is 5.89. The molecule has 0 radical (unpaired) electrons. The lowest BCUT2D eigenvalue weighted by atomic mass is 9.95. The summed E-state index contributed by atoms with van der Waals surface area (Å²) in [5.41, 5.74) is 0.955. The molecule has 0 unspecified atom stereocenters.